The van der Waals surface area contributed by atoms with Gasteiger partial charge in [-0.25, -0.2) is 4.98 Å². The fraction of sp³-hybridized carbons (Fsp3) is 0.0455. The van der Waals surface area contributed by atoms with Gasteiger partial charge in [0.1, 0.15) is 28.7 Å². The summed E-state index contributed by atoms with van der Waals surface area (Å²) in [4.78, 5) is 4.87. The highest BCUT2D eigenvalue weighted by Crippen LogP contribution is 2.37. The minimum atomic E-state index is 0.199. The lowest BCUT2D eigenvalue weighted by molar-refractivity contribution is 0.475. The Morgan fingerprint density at radius 2 is 1.46 bits per heavy atom. The normalized spacial score (nSPS) is 11.1. The first-order chi connectivity index (χ1) is 13.8. The Kier molecular flexibility index (Phi) is 3.87. The first-order valence-electron chi connectivity index (χ1n) is 8.79. The molecule has 0 atom stereocenters. The molecule has 0 bridgehead atoms. The van der Waals surface area contributed by atoms with Crippen LogP contribution in [0.4, 0.5) is 0 Å². The zero-order chi connectivity index (χ0) is 18.9. The number of hydrogen-bond donors (Lipinski definition) is 1. The molecule has 5 aromatic rings. The van der Waals surface area contributed by atoms with Gasteiger partial charge >= 0.3 is 0 Å². The van der Waals surface area contributed by atoms with Crippen molar-refractivity contribution in [2.45, 2.75) is 6.54 Å². The molecule has 0 fully saturated rings. The molecular formula is C22H16N2O4. The maximum absolute atomic E-state index is 9.67. The highest BCUT2D eigenvalue weighted by molar-refractivity contribution is 5.78. The molecule has 0 aliphatic rings. The summed E-state index contributed by atoms with van der Waals surface area (Å²) in [5.41, 5.74) is 2.32. The Morgan fingerprint density at radius 1 is 0.786 bits per heavy atom. The second-order valence-corrected chi connectivity index (χ2v) is 6.30. The van der Waals surface area contributed by atoms with Gasteiger partial charge in [-0.3, -0.25) is 0 Å². The molecule has 1 N–H and O–H groups in total. The molecule has 0 aliphatic heterocycles. The zero-order valence-corrected chi connectivity index (χ0v) is 14.8. The van der Waals surface area contributed by atoms with Gasteiger partial charge in [-0.05, 0) is 60.7 Å². The monoisotopic (exact) mass is 372 g/mol. The first-order valence-corrected chi connectivity index (χ1v) is 8.79. The Bertz CT molecular complexity index is 1170. The third kappa shape index (κ3) is 2.81. The van der Waals surface area contributed by atoms with Gasteiger partial charge in [-0.1, -0.05) is 0 Å². The van der Waals surface area contributed by atoms with Crippen LogP contribution in [0.2, 0.25) is 0 Å². The summed E-state index contributed by atoms with van der Waals surface area (Å²) in [6.07, 6.45) is 4.89. The lowest BCUT2D eigenvalue weighted by Crippen LogP contribution is -2.03. The molecule has 1 aromatic carbocycles. The van der Waals surface area contributed by atoms with E-state index in [1.807, 2.05) is 53.1 Å². The van der Waals surface area contributed by atoms with E-state index in [1.54, 1.807) is 30.9 Å². The Balaban J connectivity index is 1.78. The summed E-state index contributed by atoms with van der Waals surface area (Å²) in [6.45, 7) is 0.465. The Labute approximate surface area is 160 Å². The Morgan fingerprint density at radius 3 is 2.11 bits per heavy atom. The number of aromatic nitrogens is 2. The lowest BCUT2D eigenvalue weighted by atomic mass is 10.2. The van der Waals surface area contributed by atoms with Crippen LogP contribution in [0.25, 0.3) is 34.3 Å². The molecule has 0 saturated heterocycles. The van der Waals surface area contributed by atoms with Crippen LogP contribution in [0.5, 0.6) is 5.75 Å². The van der Waals surface area contributed by atoms with Crippen molar-refractivity contribution in [2.24, 2.45) is 0 Å². The van der Waals surface area contributed by atoms with Crippen LogP contribution in [0.3, 0.4) is 0 Å². The van der Waals surface area contributed by atoms with Crippen LogP contribution in [-0.4, -0.2) is 14.7 Å². The molecule has 6 nitrogen and oxygen atoms in total. The summed E-state index contributed by atoms with van der Waals surface area (Å²) in [6, 6.07) is 18.1. The van der Waals surface area contributed by atoms with Gasteiger partial charge in [-0.2, -0.15) is 0 Å². The number of benzene rings is 1. The van der Waals surface area contributed by atoms with E-state index in [-0.39, 0.29) is 5.75 Å². The number of rotatable bonds is 5. The number of imidazole rings is 1. The molecule has 4 heterocycles. The van der Waals surface area contributed by atoms with Crippen molar-refractivity contribution >= 4 is 0 Å². The largest absolute Gasteiger partial charge is 0.508 e. The number of nitrogens with zero attached hydrogens (tertiary/aromatic N) is 2. The van der Waals surface area contributed by atoms with Gasteiger partial charge in [0.15, 0.2) is 11.5 Å². The number of hydrogen-bond acceptors (Lipinski definition) is 5. The van der Waals surface area contributed by atoms with Crippen molar-refractivity contribution in [3.63, 3.8) is 0 Å². The molecule has 0 amide bonds. The smallest absolute Gasteiger partial charge is 0.154 e. The van der Waals surface area contributed by atoms with E-state index in [2.05, 4.69) is 0 Å². The average Bonchev–Trinajstić information content (AvgIpc) is 3.49. The summed E-state index contributed by atoms with van der Waals surface area (Å²) in [7, 11) is 0. The van der Waals surface area contributed by atoms with Crippen molar-refractivity contribution in [3.8, 4) is 40.0 Å². The molecule has 138 valence electrons. The number of phenols is 1. The van der Waals surface area contributed by atoms with Crippen molar-refractivity contribution in [1.29, 1.82) is 0 Å². The first kappa shape index (κ1) is 16.3. The van der Waals surface area contributed by atoms with E-state index in [9.17, 15) is 5.11 Å². The van der Waals surface area contributed by atoms with Gasteiger partial charge < -0.3 is 22.9 Å². The second kappa shape index (κ2) is 6.66. The summed E-state index contributed by atoms with van der Waals surface area (Å²) in [5.74, 6) is 3.02. The number of furan rings is 3. The molecule has 4 aromatic heterocycles. The standard InChI is InChI=1S/C22H16N2O4/c25-16-9-7-15(8-10-16)22-23-20(18-5-2-12-27-18)21(19-6-3-13-28-19)24(22)14-17-4-1-11-26-17/h1-13,25H,14H2. The molecule has 0 spiro atoms. The maximum atomic E-state index is 9.67. The van der Waals surface area contributed by atoms with E-state index < -0.39 is 0 Å². The van der Waals surface area contributed by atoms with Crippen molar-refractivity contribution in [2.75, 3.05) is 0 Å². The quantitative estimate of drug-likeness (QED) is 0.446. The molecule has 5 rings (SSSR count). The zero-order valence-electron chi connectivity index (χ0n) is 14.8. The van der Waals surface area contributed by atoms with Gasteiger partial charge in [0.2, 0.25) is 0 Å². The van der Waals surface area contributed by atoms with Gasteiger partial charge in [0, 0.05) is 5.56 Å². The summed E-state index contributed by atoms with van der Waals surface area (Å²) >= 11 is 0. The van der Waals surface area contributed by atoms with E-state index in [1.165, 1.54) is 0 Å². The van der Waals surface area contributed by atoms with Crippen molar-refractivity contribution in [1.82, 2.24) is 9.55 Å². The molecule has 0 saturated carbocycles. The highest BCUT2D eigenvalue weighted by Gasteiger charge is 2.24. The summed E-state index contributed by atoms with van der Waals surface area (Å²) in [5, 5.41) is 9.67. The van der Waals surface area contributed by atoms with Crippen LogP contribution < -0.4 is 0 Å². The molecular weight excluding hydrogens is 356 g/mol. The summed E-state index contributed by atoms with van der Waals surface area (Å²) < 4.78 is 19.0. The lowest BCUT2D eigenvalue weighted by Gasteiger charge is -2.10. The predicted molar refractivity (Wildman–Crippen MR) is 103 cm³/mol. The van der Waals surface area contributed by atoms with E-state index in [0.717, 1.165) is 17.0 Å². The molecule has 0 aliphatic carbocycles. The van der Waals surface area contributed by atoms with Crippen LogP contribution in [-0.2, 0) is 6.54 Å². The number of aromatic hydroxyl groups is 1. The van der Waals surface area contributed by atoms with Crippen molar-refractivity contribution in [3.05, 3.63) is 85.2 Å². The SMILES string of the molecule is Oc1ccc(-c2nc(-c3ccco3)c(-c3ccco3)n2Cc2ccco2)cc1. The molecule has 0 unspecified atom stereocenters. The maximum Gasteiger partial charge on any atom is 0.154 e. The van der Waals surface area contributed by atoms with Crippen LogP contribution in [0.1, 0.15) is 5.76 Å². The molecule has 0 radical (unpaired) electrons. The topological polar surface area (TPSA) is 77.5 Å². The second-order valence-electron chi connectivity index (χ2n) is 6.30. The van der Waals surface area contributed by atoms with Gasteiger partial charge in [0.25, 0.3) is 0 Å². The van der Waals surface area contributed by atoms with E-state index in [0.29, 0.717) is 29.6 Å². The average molecular weight is 372 g/mol. The number of phenolic OH excluding ortho intramolecular Hbond substituents is 1. The predicted octanol–water partition coefficient (Wildman–Crippen LogP) is 5.42. The highest BCUT2D eigenvalue weighted by atomic mass is 16.3. The van der Waals surface area contributed by atoms with Crippen molar-refractivity contribution < 1.29 is 18.4 Å². The third-order valence-corrected chi connectivity index (χ3v) is 4.50. The van der Waals surface area contributed by atoms with Crippen LogP contribution in [0.15, 0.2) is 92.7 Å². The Hall–Kier alpha value is -3.93. The minimum absolute atomic E-state index is 0.199. The van der Waals surface area contributed by atoms with E-state index >= 15 is 0 Å². The fourth-order valence-electron chi connectivity index (χ4n) is 3.24. The minimum Gasteiger partial charge on any atom is -0.508 e. The molecule has 6 heteroatoms. The van der Waals surface area contributed by atoms with E-state index in [4.69, 9.17) is 18.2 Å². The van der Waals surface area contributed by atoms with Crippen LogP contribution >= 0.6 is 0 Å². The fourth-order valence-corrected chi connectivity index (χ4v) is 3.24. The molecule has 28 heavy (non-hydrogen) atoms. The van der Waals surface area contributed by atoms with Crippen LogP contribution in [0, 0.1) is 0 Å². The van der Waals surface area contributed by atoms with Gasteiger partial charge in [0.05, 0.1) is 25.3 Å². The third-order valence-electron chi connectivity index (χ3n) is 4.50. The van der Waals surface area contributed by atoms with Gasteiger partial charge in [-0.15, -0.1) is 0 Å².